The van der Waals surface area contributed by atoms with Gasteiger partial charge in [-0.25, -0.2) is 0 Å². The molecule has 0 saturated carbocycles. The van der Waals surface area contributed by atoms with E-state index in [9.17, 15) is 4.79 Å². The van der Waals surface area contributed by atoms with Gasteiger partial charge >= 0.3 is 0 Å². The number of rotatable bonds is 3. The molecular formula is C15H12BrClO. The molecule has 0 saturated heterocycles. The highest BCUT2D eigenvalue weighted by Crippen LogP contribution is 2.21. The first kappa shape index (κ1) is 13.3. The smallest absolute Gasteiger partial charge is 0.167 e. The van der Waals surface area contributed by atoms with Crippen LogP contribution in [0, 0.1) is 6.92 Å². The summed E-state index contributed by atoms with van der Waals surface area (Å²) >= 11 is 9.39. The van der Waals surface area contributed by atoms with E-state index >= 15 is 0 Å². The lowest BCUT2D eigenvalue weighted by Gasteiger charge is -2.07. The summed E-state index contributed by atoms with van der Waals surface area (Å²) in [6, 6.07) is 13.1. The van der Waals surface area contributed by atoms with Crippen molar-refractivity contribution in [2.75, 3.05) is 0 Å². The summed E-state index contributed by atoms with van der Waals surface area (Å²) in [5.41, 5.74) is 2.64. The average molecular weight is 324 g/mol. The van der Waals surface area contributed by atoms with Crippen LogP contribution >= 0.6 is 27.5 Å². The van der Waals surface area contributed by atoms with Crippen LogP contribution in [-0.2, 0) is 6.42 Å². The number of hydrogen-bond acceptors (Lipinski definition) is 1. The maximum absolute atomic E-state index is 12.3. The van der Waals surface area contributed by atoms with Crippen molar-refractivity contribution < 1.29 is 4.79 Å². The Labute approximate surface area is 120 Å². The monoisotopic (exact) mass is 322 g/mol. The fourth-order valence-electron chi connectivity index (χ4n) is 1.80. The topological polar surface area (TPSA) is 17.1 Å². The molecule has 0 aliphatic rings. The van der Waals surface area contributed by atoms with Crippen molar-refractivity contribution in [1.82, 2.24) is 0 Å². The molecule has 2 rings (SSSR count). The summed E-state index contributed by atoms with van der Waals surface area (Å²) in [5.74, 6) is 0.0851. The van der Waals surface area contributed by atoms with Gasteiger partial charge in [0.25, 0.3) is 0 Å². The van der Waals surface area contributed by atoms with Gasteiger partial charge in [-0.2, -0.15) is 0 Å². The standard InChI is InChI=1S/C15H12BrClO/c1-10-6-7-12(17)9-13(10)15(18)8-11-4-2-3-5-14(11)16/h2-7,9H,8H2,1H3. The Morgan fingerprint density at radius 3 is 2.67 bits per heavy atom. The molecule has 0 aromatic heterocycles. The number of carbonyl (C=O) groups excluding carboxylic acids is 1. The lowest BCUT2D eigenvalue weighted by atomic mass is 9.99. The molecule has 0 unspecified atom stereocenters. The van der Waals surface area contributed by atoms with Gasteiger partial charge in [0.1, 0.15) is 0 Å². The van der Waals surface area contributed by atoms with Crippen molar-refractivity contribution in [3.63, 3.8) is 0 Å². The van der Waals surface area contributed by atoms with Crippen LogP contribution in [0.25, 0.3) is 0 Å². The Morgan fingerprint density at radius 1 is 1.22 bits per heavy atom. The molecule has 1 nitrogen and oxygen atoms in total. The molecule has 0 aliphatic carbocycles. The fourth-order valence-corrected chi connectivity index (χ4v) is 2.40. The van der Waals surface area contributed by atoms with E-state index in [0.29, 0.717) is 17.0 Å². The van der Waals surface area contributed by atoms with Gasteiger partial charge in [0, 0.05) is 21.5 Å². The third-order valence-electron chi connectivity index (χ3n) is 2.81. The van der Waals surface area contributed by atoms with Crippen LogP contribution < -0.4 is 0 Å². The number of Topliss-reactive ketones (excluding diaryl/α,β-unsaturated/α-hetero) is 1. The minimum atomic E-state index is 0.0851. The molecule has 0 spiro atoms. The first-order chi connectivity index (χ1) is 8.58. The zero-order valence-electron chi connectivity index (χ0n) is 9.91. The lowest BCUT2D eigenvalue weighted by Crippen LogP contribution is -2.06. The van der Waals surface area contributed by atoms with Crippen LogP contribution in [-0.4, -0.2) is 5.78 Å². The number of benzene rings is 2. The SMILES string of the molecule is Cc1ccc(Cl)cc1C(=O)Cc1ccccc1Br. The van der Waals surface area contributed by atoms with Gasteiger partial charge in [0.05, 0.1) is 0 Å². The van der Waals surface area contributed by atoms with E-state index in [1.807, 2.05) is 37.3 Å². The van der Waals surface area contributed by atoms with E-state index in [-0.39, 0.29) is 5.78 Å². The molecule has 2 aromatic carbocycles. The number of hydrogen-bond donors (Lipinski definition) is 0. The highest BCUT2D eigenvalue weighted by molar-refractivity contribution is 9.10. The van der Waals surface area contributed by atoms with Crippen LogP contribution in [0.5, 0.6) is 0 Å². The Bertz CT molecular complexity index is 593. The summed E-state index contributed by atoms with van der Waals surface area (Å²) in [5, 5.41) is 0.594. The second kappa shape index (κ2) is 5.68. The zero-order chi connectivity index (χ0) is 13.1. The van der Waals surface area contributed by atoms with Gasteiger partial charge < -0.3 is 0 Å². The van der Waals surface area contributed by atoms with Crippen LogP contribution in [0.4, 0.5) is 0 Å². The predicted molar refractivity (Wildman–Crippen MR) is 78.4 cm³/mol. The van der Waals surface area contributed by atoms with Gasteiger partial charge in [0.2, 0.25) is 0 Å². The van der Waals surface area contributed by atoms with Crippen molar-refractivity contribution in [2.24, 2.45) is 0 Å². The summed E-state index contributed by atoms with van der Waals surface area (Å²) in [4.78, 5) is 12.3. The first-order valence-corrected chi connectivity index (χ1v) is 6.78. The number of carbonyl (C=O) groups is 1. The average Bonchev–Trinajstić information content (AvgIpc) is 2.35. The van der Waals surface area contributed by atoms with Crippen molar-refractivity contribution >= 4 is 33.3 Å². The van der Waals surface area contributed by atoms with Crippen LogP contribution in [0.2, 0.25) is 5.02 Å². The molecule has 0 bridgehead atoms. The highest BCUT2D eigenvalue weighted by Gasteiger charge is 2.12. The summed E-state index contributed by atoms with van der Waals surface area (Å²) in [7, 11) is 0. The Balaban J connectivity index is 2.28. The van der Waals surface area contributed by atoms with Gasteiger partial charge in [-0.05, 0) is 36.2 Å². The normalized spacial score (nSPS) is 10.4. The van der Waals surface area contributed by atoms with Gasteiger partial charge in [-0.3, -0.25) is 4.79 Å². The van der Waals surface area contributed by atoms with Crippen molar-refractivity contribution in [2.45, 2.75) is 13.3 Å². The number of ketones is 1. The highest BCUT2D eigenvalue weighted by atomic mass is 79.9. The molecule has 18 heavy (non-hydrogen) atoms. The number of aryl methyl sites for hydroxylation is 1. The largest absolute Gasteiger partial charge is 0.294 e. The van der Waals surface area contributed by atoms with E-state index in [0.717, 1.165) is 15.6 Å². The molecule has 3 heteroatoms. The molecule has 0 N–H and O–H groups in total. The molecule has 92 valence electrons. The minimum Gasteiger partial charge on any atom is -0.294 e. The fraction of sp³-hybridized carbons (Fsp3) is 0.133. The second-order valence-electron chi connectivity index (χ2n) is 4.15. The van der Waals surface area contributed by atoms with E-state index < -0.39 is 0 Å². The number of halogens is 2. The van der Waals surface area contributed by atoms with Gasteiger partial charge in [-0.15, -0.1) is 0 Å². The Kier molecular flexibility index (Phi) is 4.20. The first-order valence-electron chi connectivity index (χ1n) is 5.60. The molecule has 0 atom stereocenters. The van der Waals surface area contributed by atoms with Crippen molar-refractivity contribution in [3.8, 4) is 0 Å². The molecular weight excluding hydrogens is 312 g/mol. The Morgan fingerprint density at radius 2 is 1.94 bits per heavy atom. The summed E-state index contributed by atoms with van der Waals surface area (Å²) in [6.45, 7) is 1.92. The van der Waals surface area contributed by atoms with E-state index in [4.69, 9.17) is 11.6 Å². The Hall–Kier alpha value is -1.12. The molecule has 0 aliphatic heterocycles. The van der Waals surface area contributed by atoms with Crippen molar-refractivity contribution in [3.05, 3.63) is 68.7 Å². The molecule has 0 radical (unpaired) electrons. The third kappa shape index (κ3) is 3.01. The van der Waals surface area contributed by atoms with E-state index in [1.54, 1.807) is 12.1 Å². The molecule has 2 aromatic rings. The van der Waals surface area contributed by atoms with Crippen LogP contribution in [0.15, 0.2) is 46.9 Å². The van der Waals surface area contributed by atoms with E-state index in [1.165, 1.54) is 0 Å². The van der Waals surface area contributed by atoms with Crippen LogP contribution in [0.3, 0.4) is 0 Å². The maximum atomic E-state index is 12.3. The van der Waals surface area contributed by atoms with Gasteiger partial charge in [0.15, 0.2) is 5.78 Å². The van der Waals surface area contributed by atoms with Crippen LogP contribution in [0.1, 0.15) is 21.5 Å². The quantitative estimate of drug-likeness (QED) is 0.739. The molecule has 0 fully saturated rings. The second-order valence-corrected chi connectivity index (χ2v) is 5.44. The third-order valence-corrected chi connectivity index (χ3v) is 3.82. The summed E-state index contributed by atoms with van der Waals surface area (Å²) < 4.78 is 0.957. The molecule has 0 heterocycles. The molecule has 0 amide bonds. The van der Waals surface area contributed by atoms with E-state index in [2.05, 4.69) is 15.9 Å². The van der Waals surface area contributed by atoms with Crippen molar-refractivity contribution in [1.29, 1.82) is 0 Å². The minimum absolute atomic E-state index is 0.0851. The predicted octanol–water partition coefficient (Wildman–Crippen LogP) is 4.84. The summed E-state index contributed by atoms with van der Waals surface area (Å²) in [6.07, 6.45) is 0.378. The zero-order valence-corrected chi connectivity index (χ0v) is 12.3. The van der Waals surface area contributed by atoms with Gasteiger partial charge in [-0.1, -0.05) is 51.8 Å². The maximum Gasteiger partial charge on any atom is 0.167 e. The lowest BCUT2D eigenvalue weighted by molar-refractivity contribution is 0.0992.